The zero-order valence-electron chi connectivity index (χ0n) is 15.3. The van der Waals surface area contributed by atoms with Gasteiger partial charge in [-0.05, 0) is 19.1 Å². The van der Waals surface area contributed by atoms with Crippen molar-refractivity contribution in [3.63, 3.8) is 0 Å². The van der Waals surface area contributed by atoms with Crippen molar-refractivity contribution in [3.05, 3.63) is 73.3 Å². The molecule has 1 amide bonds. The van der Waals surface area contributed by atoms with Crippen LogP contribution in [0.2, 0.25) is 0 Å². The molecule has 0 saturated heterocycles. The van der Waals surface area contributed by atoms with E-state index in [0.717, 1.165) is 17.1 Å². The lowest BCUT2D eigenvalue weighted by Crippen LogP contribution is -2.32. The number of amides is 1. The van der Waals surface area contributed by atoms with Crippen molar-refractivity contribution >= 4 is 23.4 Å². The van der Waals surface area contributed by atoms with E-state index in [1.54, 1.807) is 4.90 Å². The fourth-order valence-electron chi connectivity index (χ4n) is 2.81. The van der Waals surface area contributed by atoms with Crippen LogP contribution in [0.5, 0.6) is 0 Å². The molecule has 0 atom stereocenters. The molecule has 1 aromatic heterocycles. The summed E-state index contributed by atoms with van der Waals surface area (Å²) in [6, 6.07) is 19.6. The lowest BCUT2D eigenvalue weighted by atomic mass is 10.2. The third-order valence-corrected chi connectivity index (χ3v) is 5.02. The van der Waals surface area contributed by atoms with Gasteiger partial charge in [-0.25, -0.2) is 0 Å². The Morgan fingerprint density at radius 2 is 1.78 bits per heavy atom. The largest absolute Gasteiger partial charge is 0.312 e. The molecule has 2 aromatic carbocycles. The maximum atomic E-state index is 12.7. The monoisotopic (exact) mass is 378 g/mol. The van der Waals surface area contributed by atoms with Crippen LogP contribution in [0.25, 0.3) is 11.4 Å². The second-order valence-corrected chi connectivity index (χ2v) is 6.78. The quantitative estimate of drug-likeness (QED) is 0.434. The zero-order valence-corrected chi connectivity index (χ0v) is 16.1. The summed E-state index contributed by atoms with van der Waals surface area (Å²) >= 11 is 1.40. The highest BCUT2D eigenvalue weighted by Gasteiger charge is 2.18. The highest BCUT2D eigenvalue weighted by atomic mass is 32.2. The Labute approximate surface area is 163 Å². The number of anilines is 1. The molecular weight excluding hydrogens is 356 g/mol. The van der Waals surface area contributed by atoms with Gasteiger partial charge in [-0.3, -0.25) is 9.36 Å². The van der Waals surface area contributed by atoms with Crippen molar-refractivity contribution in [3.8, 4) is 11.4 Å². The van der Waals surface area contributed by atoms with Gasteiger partial charge >= 0.3 is 0 Å². The van der Waals surface area contributed by atoms with E-state index in [1.807, 2.05) is 78.2 Å². The molecule has 6 heteroatoms. The summed E-state index contributed by atoms with van der Waals surface area (Å²) in [4.78, 5) is 14.5. The van der Waals surface area contributed by atoms with Crippen molar-refractivity contribution < 1.29 is 4.79 Å². The standard InChI is InChI=1S/C21H22N4OS/c1-3-15-25-20(17-11-7-5-8-12-17)22-23-21(25)27-16-19(26)24(4-2)18-13-9-6-10-14-18/h3,5-14H,1,4,15-16H2,2H3. The van der Waals surface area contributed by atoms with Crippen LogP contribution in [0.3, 0.4) is 0 Å². The van der Waals surface area contributed by atoms with Crippen LogP contribution >= 0.6 is 11.8 Å². The van der Waals surface area contributed by atoms with E-state index in [0.29, 0.717) is 24.0 Å². The molecule has 0 aliphatic rings. The summed E-state index contributed by atoms with van der Waals surface area (Å²) in [5.41, 5.74) is 1.90. The maximum absolute atomic E-state index is 12.7. The third-order valence-electron chi connectivity index (χ3n) is 4.07. The summed E-state index contributed by atoms with van der Waals surface area (Å²) < 4.78 is 1.99. The number of para-hydroxylation sites is 1. The minimum atomic E-state index is 0.0446. The van der Waals surface area contributed by atoms with Gasteiger partial charge in [0.2, 0.25) is 5.91 Å². The van der Waals surface area contributed by atoms with Crippen LogP contribution in [0.4, 0.5) is 5.69 Å². The smallest absolute Gasteiger partial charge is 0.237 e. The van der Waals surface area contributed by atoms with Crippen LogP contribution < -0.4 is 4.90 Å². The fraction of sp³-hybridized carbons (Fsp3) is 0.190. The molecule has 0 aliphatic heterocycles. The predicted molar refractivity (Wildman–Crippen MR) is 111 cm³/mol. The van der Waals surface area contributed by atoms with Crippen LogP contribution in [0.15, 0.2) is 78.5 Å². The molecule has 138 valence electrons. The first-order valence-corrected chi connectivity index (χ1v) is 9.81. The van der Waals surface area contributed by atoms with Crippen molar-refractivity contribution in [2.45, 2.75) is 18.6 Å². The number of allylic oxidation sites excluding steroid dienone is 1. The third kappa shape index (κ3) is 4.46. The highest BCUT2D eigenvalue weighted by molar-refractivity contribution is 7.99. The molecule has 0 fully saturated rings. The second kappa shape index (κ2) is 9.19. The van der Waals surface area contributed by atoms with Gasteiger partial charge in [-0.15, -0.1) is 16.8 Å². The molecule has 0 bridgehead atoms. The molecule has 27 heavy (non-hydrogen) atoms. The highest BCUT2D eigenvalue weighted by Crippen LogP contribution is 2.25. The number of carbonyl (C=O) groups is 1. The molecule has 0 aliphatic carbocycles. The number of carbonyl (C=O) groups excluding carboxylic acids is 1. The van der Waals surface area contributed by atoms with Crippen LogP contribution in [0.1, 0.15) is 6.92 Å². The number of aromatic nitrogens is 3. The van der Waals surface area contributed by atoms with E-state index in [1.165, 1.54) is 11.8 Å². The van der Waals surface area contributed by atoms with Gasteiger partial charge in [0.05, 0.1) is 5.75 Å². The number of thioether (sulfide) groups is 1. The van der Waals surface area contributed by atoms with Gasteiger partial charge in [0.25, 0.3) is 0 Å². The Hall–Kier alpha value is -2.86. The molecule has 0 N–H and O–H groups in total. The topological polar surface area (TPSA) is 51.0 Å². The number of hydrogen-bond acceptors (Lipinski definition) is 4. The molecule has 0 unspecified atom stereocenters. The van der Waals surface area contributed by atoms with E-state index < -0.39 is 0 Å². The van der Waals surface area contributed by atoms with E-state index in [-0.39, 0.29) is 5.91 Å². The van der Waals surface area contributed by atoms with Gasteiger partial charge in [0, 0.05) is 24.3 Å². The SMILES string of the molecule is C=CCn1c(SCC(=O)N(CC)c2ccccc2)nnc1-c1ccccc1. The van der Waals surface area contributed by atoms with Crippen LogP contribution in [-0.4, -0.2) is 33.0 Å². The Bertz CT molecular complexity index is 893. The van der Waals surface area contributed by atoms with Gasteiger partial charge in [-0.1, -0.05) is 66.4 Å². The van der Waals surface area contributed by atoms with Crippen molar-refractivity contribution in [1.82, 2.24) is 14.8 Å². The minimum Gasteiger partial charge on any atom is -0.312 e. The summed E-state index contributed by atoms with van der Waals surface area (Å²) in [7, 11) is 0. The lowest BCUT2D eigenvalue weighted by molar-refractivity contribution is -0.116. The molecule has 1 heterocycles. The first kappa shape index (κ1) is 18.9. The van der Waals surface area contributed by atoms with Crippen LogP contribution in [0, 0.1) is 0 Å². The Morgan fingerprint density at radius 3 is 2.41 bits per heavy atom. The van der Waals surface area contributed by atoms with E-state index >= 15 is 0 Å². The van der Waals surface area contributed by atoms with Crippen LogP contribution in [-0.2, 0) is 11.3 Å². The van der Waals surface area contributed by atoms with Crippen molar-refractivity contribution in [2.24, 2.45) is 0 Å². The van der Waals surface area contributed by atoms with Crippen molar-refractivity contribution in [2.75, 3.05) is 17.2 Å². The van der Waals surface area contributed by atoms with Crippen molar-refractivity contribution in [1.29, 1.82) is 0 Å². The average Bonchev–Trinajstić information content (AvgIpc) is 3.11. The molecule has 0 spiro atoms. The predicted octanol–water partition coefficient (Wildman–Crippen LogP) is 4.28. The number of hydrogen-bond donors (Lipinski definition) is 0. The minimum absolute atomic E-state index is 0.0446. The Morgan fingerprint density at radius 1 is 1.11 bits per heavy atom. The molecular formula is C21H22N4OS. The number of benzene rings is 2. The Balaban J connectivity index is 1.76. The summed E-state index contributed by atoms with van der Waals surface area (Å²) in [6.07, 6.45) is 1.81. The van der Waals surface area contributed by atoms with E-state index in [4.69, 9.17) is 0 Å². The average molecular weight is 379 g/mol. The first-order valence-electron chi connectivity index (χ1n) is 8.82. The summed E-state index contributed by atoms with van der Waals surface area (Å²) in [5.74, 6) is 1.12. The first-order chi connectivity index (χ1) is 13.2. The lowest BCUT2D eigenvalue weighted by Gasteiger charge is -2.20. The van der Waals surface area contributed by atoms with E-state index in [2.05, 4.69) is 16.8 Å². The fourth-order valence-corrected chi connectivity index (χ4v) is 3.63. The zero-order chi connectivity index (χ0) is 19.1. The summed E-state index contributed by atoms with van der Waals surface area (Å²) in [5, 5.41) is 9.34. The molecule has 0 saturated carbocycles. The number of rotatable bonds is 8. The van der Waals surface area contributed by atoms with Gasteiger partial charge < -0.3 is 4.90 Å². The molecule has 3 rings (SSSR count). The van der Waals surface area contributed by atoms with Gasteiger partial charge in [0.1, 0.15) is 0 Å². The molecule has 0 radical (unpaired) electrons. The van der Waals surface area contributed by atoms with Gasteiger partial charge in [-0.2, -0.15) is 0 Å². The summed E-state index contributed by atoms with van der Waals surface area (Å²) in [6.45, 7) is 7.01. The van der Waals surface area contributed by atoms with Gasteiger partial charge in [0.15, 0.2) is 11.0 Å². The second-order valence-electron chi connectivity index (χ2n) is 5.83. The molecule has 3 aromatic rings. The van der Waals surface area contributed by atoms with E-state index in [9.17, 15) is 4.79 Å². The Kier molecular flexibility index (Phi) is 6.44. The maximum Gasteiger partial charge on any atom is 0.237 e. The number of nitrogens with zero attached hydrogens (tertiary/aromatic N) is 4. The molecule has 5 nitrogen and oxygen atoms in total. The normalized spacial score (nSPS) is 10.6.